The van der Waals surface area contributed by atoms with E-state index in [9.17, 15) is 24.8 Å². The summed E-state index contributed by atoms with van der Waals surface area (Å²) in [5, 5.41) is 26.7. The van der Waals surface area contributed by atoms with E-state index in [1.165, 1.54) is 30.6 Å². The van der Waals surface area contributed by atoms with Crippen LogP contribution in [0.3, 0.4) is 0 Å². The second kappa shape index (κ2) is 10.6. The molecular weight excluding hydrogens is 496 g/mol. The number of ether oxygens (including phenoxy) is 1. The predicted molar refractivity (Wildman–Crippen MR) is 142 cm³/mol. The largest absolute Gasteiger partial charge is 0.496 e. The van der Waals surface area contributed by atoms with Gasteiger partial charge in [-0.15, -0.1) is 0 Å². The van der Waals surface area contributed by atoms with E-state index in [0.717, 1.165) is 16.8 Å². The molecule has 0 saturated carbocycles. The average Bonchev–Trinajstić information content (AvgIpc) is 3.28. The smallest absolute Gasteiger partial charge is 0.326 e. The van der Waals surface area contributed by atoms with Gasteiger partial charge in [0, 0.05) is 17.8 Å². The molecule has 37 heavy (non-hydrogen) atoms. The molecule has 11 heteroatoms. The number of aliphatic carboxylic acids is 1. The zero-order valence-corrected chi connectivity index (χ0v) is 21.0. The predicted octanol–water partition coefficient (Wildman–Crippen LogP) is 5.46. The highest BCUT2D eigenvalue weighted by Crippen LogP contribution is 2.32. The summed E-state index contributed by atoms with van der Waals surface area (Å²) < 4.78 is 6.13. The van der Waals surface area contributed by atoms with Crippen LogP contribution in [0.4, 0.5) is 16.5 Å². The maximum absolute atomic E-state index is 12.7. The number of thiazole rings is 1. The van der Waals surface area contributed by atoms with E-state index in [1.54, 1.807) is 38.1 Å². The van der Waals surface area contributed by atoms with Gasteiger partial charge >= 0.3 is 5.97 Å². The normalized spacial score (nSPS) is 11.8. The summed E-state index contributed by atoms with van der Waals surface area (Å²) in [6.07, 6.45) is 0. The number of hydrogen-bond donors (Lipinski definition) is 3. The van der Waals surface area contributed by atoms with E-state index in [4.69, 9.17) is 4.74 Å². The third kappa shape index (κ3) is 5.67. The van der Waals surface area contributed by atoms with Crippen molar-refractivity contribution in [1.29, 1.82) is 0 Å². The van der Waals surface area contributed by atoms with Crippen molar-refractivity contribution in [2.24, 2.45) is 5.92 Å². The van der Waals surface area contributed by atoms with Crippen LogP contribution in [0.2, 0.25) is 0 Å². The van der Waals surface area contributed by atoms with E-state index < -0.39 is 22.8 Å². The van der Waals surface area contributed by atoms with Crippen LogP contribution in [0.25, 0.3) is 21.3 Å². The third-order valence-electron chi connectivity index (χ3n) is 5.72. The molecule has 0 aliphatic heterocycles. The lowest BCUT2D eigenvalue weighted by Crippen LogP contribution is -2.44. The fourth-order valence-electron chi connectivity index (χ4n) is 3.74. The van der Waals surface area contributed by atoms with Crippen LogP contribution in [0.15, 0.2) is 60.7 Å². The number of carbonyl (C=O) groups is 2. The Bertz CT molecular complexity index is 1480. The number of fused-ring (bicyclic) bond motifs is 1. The molecule has 190 valence electrons. The van der Waals surface area contributed by atoms with Gasteiger partial charge in [0.25, 0.3) is 11.6 Å². The van der Waals surface area contributed by atoms with Gasteiger partial charge in [-0.3, -0.25) is 14.9 Å². The van der Waals surface area contributed by atoms with E-state index in [1.807, 2.05) is 24.3 Å². The Morgan fingerprint density at radius 2 is 1.76 bits per heavy atom. The molecular formula is C26H24N4O6S. The molecule has 1 amide bonds. The lowest BCUT2D eigenvalue weighted by atomic mass is 10.0. The van der Waals surface area contributed by atoms with Crippen molar-refractivity contribution in [3.05, 3.63) is 76.3 Å². The zero-order chi connectivity index (χ0) is 26.7. The van der Waals surface area contributed by atoms with Crippen molar-refractivity contribution < 1.29 is 24.4 Å². The SMILES string of the molecule is COc1cc(-c2ccc(Nc3nc4ccc([N+](=O)[O-])cc4s3)cc2)ccc1C(=O)N[C@H](C(=O)O)C(C)C. The summed E-state index contributed by atoms with van der Waals surface area (Å²) in [5.74, 6) is -1.57. The number of anilines is 2. The van der Waals surface area contributed by atoms with Gasteiger partial charge in [0.05, 0.1) is 27.8 Å². The number of carboxylic acid groups (broad SMARTS) is 1. The van der Waals surface area contributed by atoms with Crippen molar-refractivity contribution in [2.75, 3.05) is 12.4 Å². The van der Waals surface area contributed by atoms with Gasteiger partial charge in [-0.2, -0.15) is 0 Å². The molecule has 4 aromatic rings. The number of nitrogens with one attached hydrogen (secondary N) is 2. The number of hydrogen-bond acceptors (Lipinski definition) is 8. The number of rotatable bonds is 9. The van der Waals surface area contributed by atoms with Gasteiger partial charge in [0.15, 0.2) is 5.13 Å². The van der Waals surface area contributed by atoms with E-state index in [0.29, 0.717) is 21.1 Å². The first-order valence-electron chi connectivity index (χ1n) is 11.3. The first kappa shape index (κ1) is 25.6. The summed E-state index contributed by atoms with van der Waals surface area (Å²) in [7, 11) is 1.45. The molecule has 0 spiro atoms. The van der Waals surface area contributed by atoms with Crippen LogP contribution in [-0.4, -0.2) is 40.0 Å². The van der Waals surface area contributed by atoms with Crippen LogP contribution in [0.5, 0.6) is 5.75 Å². The maximum atomic E-state index is 12.7. The Balaban J connectivity index is 1.51. The van der Waals surface area contributed by atoms with E-state index >= 15 is 0 Å². The Labute approximate surface area is 216 Å². The summed E-state index contributed by atoms with van der Waals surface area (Å²) in [5.41, 5.74) is 3.41. The molecule has 1 atom stereocenters. The molecule has 0 aliphatic rings. The highest BCUT2D eigenvalue weighted by molar-refractivity contribution is 7.22. The standard InChI is InChI=1S/C26H24N4O6S/c1-14(2)23(25(32)33)29-24(31)19-10-6-16(12-21(19)36-3)15-4-7-17(8-5-15)27-26-28-20-11-9-18(30(34)35)13-22(20)37-26/h4-14,23H,1-3H3,(H,27,28)(H,29,31)(H,32,33)/t23-/m0/s1. The Hall–Kier alpha value is -4.51. The van der Waals surface area contributed by atoms with Crippen molar-refractivity contribution in [1.82, 2.24) is 10.3 Å². The minimum atomic E-state index is -1.10. The topological polar surface area (TPSA) is 144 Å². The summed E-state index contributed by atoms with van der Waals surface area (Å²) in [4.78, 5) is 39.2. The van der Waals surface area contributed by atoms with Gasteiger partial charge in [-0.25, -0.2) is 9.78 Å². The minimum absolute atomic E-state index is 0.0209. The van der Waals surface area contributed by atoms with Crippen molar-refractivity contribution in [2.45, 2.75) is 19.9 Å². The fourth-order valence-corrected chi connectivity index (χ4v) is 4.66. The van der Waals surface area contributed by atoms with Crippen LogP contribution >= 0.6 is 11.3 Å². The van der Waals surface area contributed by atoms with Gasteiger partial charge < -0.3 is 20.5 Å². The van der Waals surface area contributed by atoms with Crippen molar-refractivity contribution in [3.63, 3.8) is 0 Å². The number of benzene rings is 3. The van der Waals surface area contributed by atoms with E-state index in [-0.39, 0.29) is 17.2 Å². The van der Waals surface area contributed by atoms with Gasteiger partial charge in [-0.1, -0.05) is 43.4 Å². The first-order valence-corrected chi connectivity index (χ1v) is 12.1. The number of aromatic nitrogens is 1. The zero-order valence-electron chi connectivity index (χ0n) is 20.2. The molecule has 0 saturated heterocycles. The lowest BCUT2D eigenvalue weighted by Gasteiger charge is -2.19. The van der Waals surface area contributed by atoms with Crippen molar-refractivity contribution >= 4 is 49.9 Å². The number of non-ortho nitro benzene ring substituents is 1. The van der Waals surface area contributed by atoms with Crippen molar-refractivity contribution in [3.8, 4) is 16.9 Å². The molecule has 1 aromatic heterocycles. The third-order valence-corrected chi connectivity index (χ3v) is 6.65. The number of carboxylic acids is 1. The molecule has 0 radical (unpaired) electrons. The number of carbonyl (C=O) groups excluding carboxylic acids is 1. The Kier molecular flexibility index (Phi) is 7.35. The number of amides is 1. The summed E-state index contributed by atoms with van der Waals surface area (Å²) in [6, 6.07) is 16.2. The summed E-state index contributed by atoms with van der Waals surface area (Å²) >= 11 is 1.32. The second-order valence-electron chi connectivity index (χ2n) is 8.58. The number of methoxy groups -OCH3 is 1. The average molecular weight is 521 g/mol. The Morgan fingerprint density at radius 1 is 1.05 bits per heavy atom. The molecule has 0 aliphatic carbocycles. The summed E-state index contributed by atoms with van der Waals surface area (Å²) in [6.45, 7) is 3.45. The van der Waals surface area contributed by atoms with E-state index in [2.05, 4.69) is 15.6 Å². The number of nitro groups is 1. The van der Waals surface area contributed by atoms with Crippen LogP contribution in [-0.2, 0) is 4.79 Å². The first-order chi connectivity index (χ1) is 17.7. The van der Waals surface area contributed by atoms with Crippen LogP contribution < -0.4 is 15.4 Å². The number of nitro benzene ring substituents is 1. The van der Waals surface area contributed by atoms with Crippen LogP contribution in [0.1, 0.15) is 24.2 Å². The molecule has 0 unspecified atom stereocenters. The molecule has 3 aromatic carbocycles. The van der Waals surface area contributed by atoms with Gasteiger partial charge in [0.1, 0.15) is 11.8 Å². The highest BCUT2D eigenvalue weighted by Gasteiger charge is 2.25. The minimum Gasteiger partial charge on any atom is -0.496 e. The van der Waals surface area contributed by atoms with Gasteiger partial charge in [0.2, 0.25) is 0 Å². The second-order valence-corrected chi connectivity index (χ2v) is 9.61. The molecule has 3 N–H and O–H groups in total. The molecule has 10 nitrogen and oxygen atoms in total. The fraction of sp³-hybridized carbons (Fsp3) is 0.192. The molecule has 0 bridgehead atoms. The highest BCUT2D eigenvalue weighted by atomic mass is 32.1. The maximum Gasteiger partial charge on any atom is 0.326 e. The molecule has 1 heterocycles. The van der Waals surface area contributed by atoms with Crippen LogP contribution in [0, 0.1) is 16.0 Å². The quantitative estimate of drug-likeness (QED) is 0.195. The molecule has 0 fully saturated rings. The monoisotopic (exact) mass is 520 g/mol. The lowest BCUT2D eigenvalue weighted by molar-refractivity contribution is -0.384. The molecule has 4 rings (SSSR count). The number of nitrogens with zero attached hydrogens (tertiary/aromatic N) is 2. The van der Waals surface area contributed by atoms with Gasteiger partial charge in [-0.05, 0) is 47.4 Å². The Morgan fingerprint density at radius 3 is 2.38 bits per heavy atom.